The molecule has 3 heterocycles. The van der Waals surface area contributed by atoms with Crippen LogP contribution in [0.4, 0.5) is 5.82 Å². The van der Waals surface area contributed by atoms with E-state index < -0.39 is 0 Å². The summed E-state index contributed by atoms with van der Waals surface area (Å²) >= 11 is 0. The Labute approximate surface area is 129 Å². The van der Waals surface area contributed by atoms with E-state index in [-0.39, 0.29) is 5.56 Å². The maximum absolute atomic E-state index is 11.7. The van der Waals surface area contributed by atoms with E-state index in [4.69, 9.17) is 4.74 Å². The molecule has 0 radical (unpaired) electrons. The fourth-order valence-corrected chi connectivity index (χ4v) is 2.59. The minimum absolute atomic E-state index is 0.132. The molecule has 6 nitrogen and oxygen atoms in total. The number of hydrogen-bond acceptors (Lipinski definition) is 5. The van der Waals surface area contributed by atoms with Gasteiger partial charge in [0.15, 0.2) is 0 Å². The van der Waals surface area contributed by atoms with E-state index in [2.05, 4.69) is 26.8 Å². The molecule has 0 amide bonds. The third kappa shape index (κ3) is 3.01. The van der Waals surface area contributed by atoms with Crippen molar-refractivity contribution in [3.05, 3.63) is 40.4 Å². The predicted octanol–water partition coefficient (Wildman–Crippen LogP) is 1.62. The van der Waals surface area contributed by atoms with Crippen LogP contribution in [0.25, 0.3) is 11.4 Å². The van der Waals surface area contributed by atoms with Gasteiger partial charge in [-0.1, -0.05) is 6.92 Å². The van der Waals surface area contributed by atoms with Gasteiger partial charge in [-0.2, -0.15) is 0 Å². The van der Waals surface area contributed by atoms with Crippen molar-refractivity contribution in [1.82, 2.24) is 15.0 Å². The van der Waals surface area contributed by atoms with E-state index in [9.17, 15) is 4.79 Å². The number of aromatic amines is 1. The maximum Gasteiger partial charge on any atom is 0.251 e. The van der Waals surface area contributed by atoms with Crippen molar-refractivity contribution < 1.29 is 4.74 Å². The first-order valence-corrected chi connectivity index (χ1v) is 7.58. The third-order valence-electron chi connectivity index (χ3n) is 3.84. The van der Waals surface area contributed by atoms with Gasteiger partial charge < -0.3 is 14.6 Å². The van der Waals surface area contributed by atoms with Gasteiger partial charge in [-0.25, -0.2) is 9.97 Å². The molecule has 0 spiro atoms. The molecule has 1 saturated heterocycles. The molecule has 1 aliphatic heterocycles. The summed E-state index contributed by atoms with van der Waals surface area (Å²) in [6.07, 6.45) is 2.49. The van der Waals surface area contributed by atoms with Crippen LogP contribution < -0.4 is 10.5 Å². The van der Waals surface area contributed by atoms with Crippen molar-refractivity contribution in [3.63, 3.8) is 0 Å². The molecule has 3 rings (SSSR count). The largest absolute Gasteiger partial charge is 0.377 e. The second-order valence-electron chi connectivity index (χ2n) is 5.46. The van der Waals surface area contributed by atoms with Crippen molar-refractivity contribution in [2.45, 2.75) is 26.3 Å². The number of H-pyrrole nitrogens is 1. The highest BCUT2D eigenvalue weighted by Crippen LogP contribution is 2.20. The molecule has 6 heteroatoms. The van der Waals surface area contributed by atoms with E-state index in [1.54, 1.807) is 6.20 Å². The van der Waals surface area contributed by atoms with E-state index in [0.29, 0.717) is 11.9 Å². The zero-order valence-corrected chi connectivity index (χ0v) is 12.9. The Bertz CT molecular complexity index is 696. The van der Waals surface area contributed by atoms with Gasteiger partial charge in [0.05, 0.1) is 19.3 Å². The number of ether oxygens (including phenoxy) is 1. The Hall–Kier alpha value is -2.21. The van der Waals surface area contributed by atoms with Crippen LogP contribution in [0.15, 0.2) is 29.2 Å². The quantitative estimate of drug-likeness (QED) is 0.932. The van der Waals surface area contributed by atoms with Crippen LogP contribution in [0.1, 0.15) is 19.5 Å². The highest BCUT2D eigenvalue weighted by molar-refractivity contribution is 5.56. The van der Waals surface area contributed by atoms with E-state index >= 15 is 0 Å². The number of aromatic nitrogens is 3. The Morgan fingerprint density at radius 2 is 2.32 bits per heavy atom. The minimum atomic E-state index is -0.132. The van der Waals surface area contributed by atoms with Crippen LogP contribution in [0.5, 0.6) is 0 Å². The lowest BCUT2D eigenvalue weighted by Gasteiger charge is -2.34. The molecular formula is C16H20N4O2. The van der Waals surface area contributed by atoms with Gasteiger partial charge in [-0.3, -0.25) is 4.79 Å². The first-order valence-electron chi connectivity index (χ1n) is 7.58. The smallest absolute Gasteiger partial charge is 0.251 e. The topological polar surface area (TPSA) is 71.1 Å². The van der Waals surface area contributed by atoms with Crippen molar-refractivity contribution in [2.24, 2.45) is 0 Å². The fourth-order valence-electron chi connectivity index (χ4n) is 2.59. The number of rotatable bonds is 3. The maximum atomic E-state index is 11.7. The van der Waals surface area contributed by atoms with Crippen LogP contribution in [0.3, 0.4) is 0 Å². The lowest BCUT2D eigenvalue weighted by molar-refractivity contribution is 0.0985. The van der Waals surface area contributed by atoms with Gasteiger partial charge in [0.1, 0.15) is 11.6 Å². The van der Waals surface area contributed by atoms with Gasteiger partial charge in [0.25, 0.3) is 5.56 Å². The first kappa shape index (κ1) is 14.7. The molecule has 0 bridgehead atoms. The highest BCUT2D eigenvalue weighted by atomic mass is 16.5. The SMILES string of the molecule is CCc1cc(=O)[nH]c(-c2ccc(N3CCOC[C@H]3C)nc2)n1. The Balaban J connectivity index is 1.88. The average Bonchev–Trinajstić information content (AvgIpc) is 2.55. The van der Waals surface area contributed by atoms with Gasteiger partial charge in [-0.05, 0) is 25.5 Å². The Kier molecular flexibility index (Phi) is 4.20. The number of nitrogens with zero attached hydrogens (tertiary/aromatic N) is 3. The van der Waals surface area contributed by atoms with Crippen molar-refractivity contribution in [3.8, 4) is 11.4 Å². The minimum Gasteiger partial charge on any atom is -0.377 e. The zero-order chi connectivity index (χ0) is 15.5. The van der Waals surface area contributed by atoms with Gasteiger partial charge >= 0.3 is 0 Å². The Morgan fingerprint density at radius 1 is 1.45 bits per heavy atom. The van der Waals surface area contributed by atoms with Crippen molar-refractivity contribution in [1.29, 1.82) is 0 Å². The summed E-state index contributed by atoms with van der Waals surface area (Å²) in [4.78, 5) is 25.6. The van der Waals surface area contributed by atoms with E-state index in [0.717, 1.165) is 43.3 Å². The second-order valence-corrected chi connectivity index (χ2v) is 5.46. The molecular weight excluding hydrogens is 280 g/mol. The summed E-state index contributed by atoms with van der Waals surface area (Å²) in [6.45, 7) is 6.39. The molecule has 1 aliphatic rings. The van der Waals surface area contributed by atoms with Crippen molar-refractivity contribution in [2.75, 3.05) is 24.7 Å². The number of nitrogens with one attached hydrogen (secondary N) is 1. The molecule has 22 heavy (non-hydrogen) atoms. The molecule has 0 unspecified atom stereocenters. The number of aryl methyl sites for hydroxylation is 1. The summed E-state index contributed by atoms with van der Waals surface area (Å²) in [5, 5.41) is 0. The standard InChI is InChI=1S/C16H20N4O2/c1-3-13-8-15(21)19-16(18-13)12-4-5-14(17-9-12)20-6-7-22-10-11(20)2/h4-5,8-9,11H,3,6-7,10H2,1-2H3,(H,18,19,21)/t11-/m1/s1. The molecule has 1 N–H and O–H groups in total. The molecule has 2 aromatic heterocycles. The summed E-state index contributed by atoms with van der Waals surface area (Å²) < 4.78 is 5.45. The van der Waals surface area contributed by atoms with Crippen LogP contribution in [0, 0.1) is 0 Å². The van der Waals surface area contributed by atoms with Gasteiger partial charge in [-0.15, -0.1) is 0 Å². The molecule has 0 aliphatic carbocycles. The summed E-state index contributed by atoms with van der Waals surface area (Å²) in [7, 11) is 0. The summed E-state index contributed by atoms with van der Waals surface area (Å²) in [6, 6.07) is 5.76. The zero-order valence-electron chi connectivity index (χ0n) is 12.9. The average molecular weight is 300 g/mol. The van der Waals surface area contributed by atoms with Crippen LogP contribution in [-0.4, -0.2) is 40.8 Å². The number of pyridine rings is 1. The van der Waals surface area contributed by atoms with Gasteiger partial charge in [0, 0.05) is 30.1 Å². The Morgan fingerprint density at radius 3 is 3.00 bits per heavy atom. The molecule has 116 valence electrons. The van der Waals surface area contributed by atoms with Crippen LogP contribution in [-0.2, 0) is 11.2 Å². The number of morpholine rings is 1. The van der Waals surface area contributed by atoms with Crippen LogP contribution >= 0.6 is 0 Å². The fraction of sp³-hybridized carbons (Fsp3) is 0.438. The summed E-state index contributed by atoms with van der Waals surface area (Å²) in [5.74, 6) is 1.49. The second kappa shape index (κ2) is 6.27. The lowest BCUT2D eigenvalue weighted by Crippen LogP contribution is -2.44. The molecule has 1 atom stereocenters. The third-order valence-corrected chi connectivity index (χ3v) is 3.84. The van der Waals surface area contributed by atoms with Crippen molar-refractivity contribution >= 4 is 5.82 Å². The van der Waals surface area contributed by atoms with E-state index in [1.165, 1.54) is 6.07 Å². The predicted molar refractivity (Wildman–Crippen MR) is 85.1 cm³/mol. The molecule has 0 saturated carbocycles. The molecule has 0 aromatic carbocycles. The highest BCUT2D eigenvalue weighted by Gasteiger charge is 2.20. The van der Waals surface area contributed by atoms with E-state index in [1.807, 2.05) is 19.1 Å². The molecule has 1 fully saturated rings. The van der Waals surface area contributed by atoms with Gasteiger partial charge in [0.2, 0.25) is 0 Å². The monoisotopic (exact) mass is 300 g/mol. The number of anilines is 1. The summed E-state index contributed by atoms with van der Waals surface area (Å²) in [5.41, 5.74) is 1.47. The first-order chi connectivity index (χ1) is 10.7. The lowest BCUT2D eigenvalue weighted by atomic mass is 10.2. The van der Waals surface area contributed by atoms with Crippen LogP contribution in [0.2, 0.25) is 0 Å². The number of hydrogen-bond donors (Lipinski definition) is 1. The molecule has 2 aromatic rings. The normalized spacial score (nSPS) is 18.5.